The van der Waals surface area contributed by atoms with Gasteiger partial charge in [0.05, 0.1) is 17.6 Å². The Morgan fingerprint density at radius 2 is 2.33 bits per heavy atom. The Morgan fingerprint density at radius 1 is 1.62 bits per heavy atom. The van der Waals surface area contributed by atoms with Gasteiger partial charge in [-0.2, -0.15) is 0 Å². The van der Waals surface area contributed by atoms with Crippen LogP contribution in [0.2, 0.25) is 0 Å². The van der Waals surface area contributed by atoms with Crippen molar-refractivity contribution in [3.63, 3.8) is 0 Å². The van der Waals surface area contributed by atoms with E-state index in [0.29, 0.717) is 12.8 Å². The zero-order chi connectivity index (χ0) is 15.6. The van der Waals surface area contributed by atoms with Crippen LogP contribution in [0, 0.1) is 30.1 Å². The molecule has 0 heterocycles. The van der Waals surface area contributed by atoms with Gasteiger partial charge in [-0.3, -0.25) is 4.79 Å². The van der Waals surface area contributed by atoms with Gasteiger partial charge in [0.25, 0.3) is 0 Å². The number of allylic oxidation sites excluding steroid dienone is 1. The molecule has 2 rings (SSSR count). The predicted molar refractivity (Wildman–Crippen MR) is 79.5 cm³/mol. The van der Waals surface area contributed by atoms with Crippen LogP contribution in [0.15, 0.2) is 11.6 Å². The summed E-state index contributed by atoms with van der Waals surface area (Å²) in [5.41, 5.74) is 0.793. The molecule has 0 radical (unpaired) electrons. The van der Waals surface area contributed by atoms with Crippen LogP contribution in [0.4, 0.5) is 0 Å². The highest BCUT2D eigenvalue weighted by Gasteiger charge is 2.63. The molecule has 0 amide bonds. The van der Waals surface area contributed by atoms with Gasteiger partial charge in [-0.25, -0.2) is 0 Å². The molecule has 2 aliphatic rings. The van der Waals surface area contributed by atoms with Crippen molar-refractivity contribution in [1.82, 2.24) is 0 Å². The van der Waals surface area contributed by atoms with Gasteiger partial charge in [-0.15, -0.1) is 12.3 Å². The minimum absolute atomic E-state index is 0.131. The van der Waals surface area contributed by atoms with Gasteiger partial charge in [-0.1, -0.05) is 13.0 Å². The summed E-state index contributed by atoms with van der Waals surface area (Å²) in [5.74, 6) is 2.21. The number of carbonyl (C=O) groups is 1. The number of carboxylic acid groups (broad SMARTS) is 1. The van der Waals surface area contributed by atoms with E-state index in [9.17, 15) is 9.90 Å². The van der Waals surface area contributed by atoms with Crippen molar-refractivity contribution in [1.29, 1.82) is 0 Å². The van der Waals surface area contributed by atoms with Gasteiger partial charge in [0.15, 0.2) is 0 Å². The Morgan fingerprint density at radius 3 is 2.86 bits per heavy atom. The zero-order valence-corrected chi connectivity index (χ0v) is 12.7. The zero-order valence-electron chi connectivity index (χ0n) is 12.7. The van der Waals surface area contributed by atoms with Crippen molar-refractivity contribution in [3.05, 3.63) is 11.6 Å². The number of carboxylic acids is 1. The molecule has 5 atom stereocenters. The molecule has 0 spiro atoms. The predicted octanol–water partition coefficient (Wildman–Crippen LogP) is 2.22. The molecule has 4 heteroatoms. The van der Waals surface area contributed by atoms with Crippen molar-refractivity contribution in [3.8, 4) is 12.3 Å². The maximum absolute atomic E-state index is 10.7. The van der Waals surface area contributed by atoms with Crippen LogP contribution >= 0.6 is 0 Å². The quantitative estimate of drug-likeness (QED) is 0.602. The van der Waals surface area contributed by atoms with Gasteiger partial charge in [0, 0.05) is 19.4 Å². The van der Waals surface area contributed by atoms with Gasteiger partial charge >= 0.3 is 5.97 Å². The molecule has 0 aliphatic heterocycles. The van der Waals surface area contributed by atoms with E-state index >= 15 is 0 Å². The highest BCUT2D eigenvalue weighted by atomic mass is 16.5. The molecule has 5 unspecified atom stereocenters. The van der Waals surface area contributed by atoms with Gasteiger partial charge in [0.2, 0.25) is 0 Å². The number of terminal acetylenes is 1. The van der Waals surface area contributed by atoms with Crippen LogP contribution < -0.4 is 0 Å². The second-order valence-electron chi connectivity index (χ2n) is 6.02. The monoisotopic (exact) mass is 292 g/mol. The number of fused-ring (bicyclic) bond motifs is 1. The number of rotatable bonds is 5. The average Bonchev–Trinajstić information content (AvgIpc) is 2.45. The lowest BCUT2D eigenvalue weighted by Crippen LogP contribution is -2.64. The first kappa shape index (κ1) is 16.1. The van der Waals surface area contributed by atoms with Gasteiger partial charge in [-0.05, 0) is 37.2 Å². The SMILES string of the molecule is C#CC1C(O)CCC2(OC)C(=CCCC(=O)O)C(CC)C12. The molecule has 2 N–H and O–H groups in total. The van der Waals surface area contributed by atoms with Crippen LogP contribution in [0.25, 0.3) is 0 Å². The first-order valence-corrected chi connectivity index (χ1v) is 7.63. The highest BCUT2D eigenvalue weighted by molar-refractivity contribution is 5.66. The number of aliphatic hydroxyl groups is 1. The molecule has 2 aliphatic carbocycles. The van der Waals surface area contributed by atoms with Crippen LogP contribution in [-0.4, -0.2) is 35.0 Å². The summed E-state index contributed by atoms with van der Waals surface area (Å²) in [6.07, 6.45) is 10.2. The Balaban J connectivity index is 2.27. The number of hydrogen-bond donors (Lipinski definition) is 2. The first-order valence-electron chi connectivity index (χ1n) is 7.63. The van der Waals surface area contributed by atoms with Crippen LogP contribution in [-0.2, 0) is 9.53 Å². The Hall–Kier alpha value is -1.31. The smallest absolute Gasteiger partial charge is 0.303 e. The second kappa shape index (κ2) is 6.21. The minimum atomic E-state index is -0.789. The van der Waals surface area contributed by atoms with E-state index in [0.717, 1.165) is 12.8 Å². The van der Waals surface area contributed by atoms with E-state index in [2.05, 4.69) is 12.8 Å². The van der Waals surface area contributed by atoms with Crippen LogP contribution in [0.1, 0.15) is 39.0 Å². The van der Waals surface area contributed by atoms with Crippen molar-refractivity contribution in [2.75, 3.05) is 7.11 Å². The summed E-state index contributed by atoms with van der Waals surface area (Å²) in [6.45, 7) is 2.10. The number of aliphatic hydroxyl groups excluding tert-OH is 1. The normalized spacial score (nSPS) is 40.2. The maximum Gasteiger partial charge on any atom is 0.303 e. The second-order valence-corrected chi connectivity index (χ2v) is 6.02. The molecule has 2 saturated carbocycles. The van der Waals surface area contributed by atoms with E-state index in [4.69, 9.17) is 16.3 Å². The van der Waals surface area contributed by atoms with E-state index in [1.165, 1.54) is 5.57 Å². The molecule has 0 aromatic carbocycles. The lowest BCUT2D eigenvalue weighted by molar-refractivity contribution is -0.166. The minimum Gasteiger partial charge on any atom is -0.481 e. The first-order chi connectivity index (χ1) is 10.0. The molecule has 0 aromatic rings. The fraction of sp³-hybridized carbons (Fsp3) is 0.706. The Labute approximate surface area is 126 Å². The number of methoxy groups -OCH3 is 1. The lowest BCUT2D eigenvalue weighted by atomic mass is 9.47. The summed E-state index contributed by atoms with van der Waals surface area (Å²) in [7, 11) is 1.69. The van der Waals surface area contributed by atoms with Crippen molar-refractivity contribution in [2.24, 2.45) is 17.8 Å². The third kappa shape index (κ3) is 2.49. The summed E-state index contributed by atoms with van der Waals surface area (Å²) in [4.78, 5) is 10.7. The number of ether oxygens (including phenoxy) is 1. The topological polar surface area (TPSA) is 66.8 Å². The van der Waals surface area contributed by atoms with Gasteiger partial charge < -0.3 is 14.9 Å². The van der Waals surface area contributed by atoms with Crippen molar-refractivity contribution >= 4 is 5.97 Å². The molecular weight excluding hydrogens is 268 g/mol. The fourth-order valence-electron chi connectivity index (χ4n) is 4.28. The molecule has 21 heavy (non-hydrogen) atoms. The molecule has 4 nitrogen and oxygen atoms in total. The van der Waals surface area contributed by atoms with Crippen molar-refractivity contribution < 1.29 is 19.7 Å². The van der Waals surface area contributed by atoms with E-state index < -0.39 is 17.7 Å². The maximum atomic E-state index is 10.7. The van der Waals surface area contributed by atoms with E-state index in [-0.39, 0.29) is 24.2 Å². The summed E-state index contributed by atoms with van der Waals surface area (Å²) in [5, 5.41) is 18.9. The Kier molecular flexibility index (Phi) is 4.75. The van der Waals surface area contributed by atoms with Crippen molar-refractivity contribution in [2.45, 2.75) is 50.7 Å². The number of hydrogen-bond acceptors (Lipinski definition) is 3. The summed E-state index contributed by atoms with van der Waals surface area (Å²) in [6, 6.07) is 0. The van der Waals surface area contributed by atoms with E-state index in [1.807, 2.05) is 6.08 Å². The summed E-state index contributed by atoms with van der Waals surface area (Å²) < 4.78 is 5.84. The molecule has 0 saturated heterocycles. The lowest BCUT2D eigenvalue weighted by Gasteiger charge is -2.62. The highest BCUT2D eigenvalue weighted by Crippen LogP contribution is 2.61. The molecule has 0 bridgehead atoms. The molecule has 116 valence electrons. The van der Waals surface area contributed by atoms with Crippen LogP contribution in [0.3, 0.4) is 0 Å². The Bertz CT molecular complexity index is 476. The van der Waals surface area contributed by atoms with Crippen LogP contribution in [0.5, 0.6) is 0 Å². The number of aliphatic carboxylic acids is 1. The molecule has 0 aromatic heterocycles. The van der Waals surface area contributed by atoms with Gasteiger partial charge in [0.1, 0.15) is 0 Å². The standard InChI is InChI=1S/C17H24O4/c1-4-11-13(7-6-8-15(19)20)17(21-3)10-9-14(18)12(5-2)16(11)17/h2,7,11-12,14,16,18H,4,6,8-10H2,1,3H3,(H,19,20). The molecule has 2 fully saturated rings. The molecular formula is C17H24O4. The summed E-state index contributed by atoms with van der Waals surface area (Å²) >= 11 is 0. The third-order valence-electron chi connectivity index (χ3n) is 5.19. The fourth-order valence-corrected chi connectivity index (χ4v) is 4.28. The third-order valence-corrected chi connectivity index (χ3v) is 5.19. The average molecular weight is 292 g/mol. The largest absolute Gasteiger partial charge is 0.481 e. The van der Waals surface area contributed by atoms with E-state index in [1.54, 1.807) is 7.11 Å².